The van der Waals surface area contributed by atoms with E-state index >= 15 is 0 Å². The van der Waals surface area contributed by atoms with Crippen molar-refractivity contribution in [1.29, 1.82) is 0 Å². The second-order valence-electron chi connectivity index (χ2n) is 5.65. The largest absolute Gasteiger partial charge is 0.466 e. The number of amidine groups is 1. The normalized spacial score (nSPS) is 20.8. The lowest BCUT2D eigenvalue weighted by Gasteiger charge is -2.26. The number of esters is 1. The molecule has 2 aliphatic rings. The number of carbonyl (C=O) groups excluding carboxylic acids is 1. The number of carbonyl (C=O) groups is 1. The maximum absolute atomic E-state index is 12.5. The zero-order valence-electron chi connectivity index (χ0n) is 14.8. The Hall–Kier alpha value is -2.43. The third-order valence-corrected chi connectivity index (χ3v) is 6.04. The number of aliphatic imine (C=N–C) groups is 2. The zero-order valence-corrected chi connectivity index (χ0v) is 16.4. The summed E-state index contributed by atoms with van der Waals surface area (Å²) >= 11 is 1.48. The number of nitrogens with zero attached hydrogens (tertiary/aromatic N) is 4. The average molecular weight is 406 g/mol. The third kappa shape index (κ3) is 3.97. The highest BCUT2D eigenvalue weighted by atomic mass is 32.2. The molecule has 2 aliphatic heterocycles. The molecule has 142 valence electrons. The van der Waals surface area contributed by atoms with E-state index in [0.29, 0.717) is 29.4 Å². The van der Waals surface area contributed by atoms with Crippen molar-refractivity contribution in [3.63, 3.8) is 0 Å². The van der Waals surface area contributed by atoms with Gasteiger partial charge in [0.25, 0.3) is 0 Å². The van der Waals surface area contributed by atoms with Gasteiger partial charge in [0.05, 0.1) is 19.2 Å². The summed E-state index contributed by atoms with van der Waals surface area (Å²) in [6.07, 6.45) is 4.97. The first-order chi connectivity index (χ1) is 13.1. The van der Waals surface area contributed by atoms with Crippen LogP contribution in [0.25, 0.3) is 0 Å². The van der Waals surface area contributed by atoms with Gasteiger partial charge < -0.3 is 9.64 Å². The van der Waals surface area contributed by atoms with E-state index in [4.69, 9.17) is 4.74 Å². The molecule has 3 heterocycles. The van der Waals surface area contributed by atoms with E-state index in [1.54, 1.807) is 6.20 Å². The van der Waals surface area contributed by atoms with Gasteiger partial charge in [0.1, 0.15) is 16.0 Å². The van der Waals surface area contributed by atoms with Gasteiger partial charge in [-0.1, -0.05) is 13.2 Å². The molecule has 0 spiro atoms. The first kappa shape index (κ1) is 19.3. The monoisotopic (exact) mass is 405 g/mol. The van der Waals surface area contributed by atoms with Gasteiger partial charge >= 0.3 is 5.97 Å². The van der Waals surface area contributed by atoms with Gasteiger partial charge in [0, 0.05) is 42.5 Å². The molecule has 1 aromatic rings. The number of thiazole rings is 1. The minimum absolute atomic E-state index is 0.168. The number of ether oxygens (including phenoxy) is 1. The molecule has 0 bridgehead atoms. The topological polar surface area (TPSA) is 96.2 Å². The highest BCUT2D eigenvalue weighted by molar-refractivity contribution is 7.99. The lowest BCUT2D eigenvalue weighted by Crippen LogP contribution is -2.39. The standard InChI is InChI=1S/C17H19N5O3S2/c1-4-14(18-5-2)27(24)21-11-8-13-12(17(23)25-3)9-20-15(22(13)10-11)16-19-6-7-26-16/h4-7,11,21H,1-2,8-10H2,3H3. The molecule has 1 fully saturated rings. The quantitative estimate of drug-likeness (QED) is 0.438. The Morgan fingerprint density at radius 2 is 2.37 bits per heavy atom. The first-order valence-electron chi connectivity index (χ1n) is 8.10. The molecule has 0 saturated carbocycles. The number of hydrogen-bond acceptors (Lipinski definition) is 8. The van der Waals surface area contributed by atoms with E-state index in [-0.39, 0.29) is 12.6 Å². The Morgan fingerprint density at radius 3 is 3.00 bits per heavy atom. The summed E-state index contributed by atoms with van der Waals surface area (Å²) in [5, 5.41) is 2.95. The second-order valence-corrected chi connectivity index (χ2v) is 7.73. The van der Waals surface area contributed by atoms with Crippen LogP contribution in [0, 0.1) is 0 Å². The van der Waals surface area contributed by atoms with Crippen LogP contribution in [0.5, 0.6) is 0 Å². The summed E-state index contributed by atoms with van der Waals surface area (Å²) in [7, 11) is -0.191. The van der Waals surface area contributed by atoms with Crippen LogP contribution in [-0.4, -0.2) is 57.2 Å². The maximum Gasteiger partial charge on any atom is 0.337 e. The Bertz CT molecular complexity index is 873. The predicted octanol–water partition coefficient (Wildman–Crippen LogP) is 1.39. The molecule has 2 unspecified atom stereocenters. The Kier molecular flexibility index (Phi) is 6.09. The average Bonchev–Trinajstić information content (AvgIpc) is 3.34. The van der Waals surface area contributed by atoms with Gasteiger partial charge in [0.2, 0.25) is 0 Å². The molecule has 0 aliphatic carbocycles. The zero-order chi connectivity index (χ0) is 19.4. The Labute approximate surface area is 163 Å². The van der Waals surface area contributed by atoms with Crippen LogP contribution in [0.3, 0.4) is 0 Å². The number of hydrogen-bond donors (Lipinski definition) is 1. The molecule has 2 atom stereocenters. The SMILES string of the molecule is C=CN=C(C=C)S(=O)NC1CC2=C(C(=O)OC)CN=C(c3nccs3)N2C1. The van der Waals surface area contributed by atoms with Gasteiger partial charge in [-0.05, 0) is 6.08 Å². The van der Waals surface area contributed by atoms with Crippen LogP contribution in [0.1, 0.15) is 11.4 Å². The minimum atomic E-state index is -1.54. The van der Waals surface area contributed by atoms with Gasteiger partial charge in [-0.25, -0.2) is 23.7 Å². The van der Waals surface area contributed by atoms with Crippen LogP contribution in [0.15, 0.2) is 58.3 Å². The van der Waals surface area contributed by atoms with Crippen molar-refractivity contribution in [2.45, 2.75) is 12.5 Å². The summed E-state index contributed by atoms with van der Waals surface area (Å²) in [4.78, 5) is 26.9. The van der Waals surface area contributed by atoms with E-state index in [1.165, 1.54) is 30.7 Å². The van der Waals surface area contributed by atoms with Crippen molar-refractivity contribution < 1.29 is 13.7 Å². The highest BCUT2D eigenvalue weighted by Crippen LogP contribution is 2.31. The van der Waals surface area contributed by atoms with E-state index in [0.717, 1.165) is 10.7 Å². The predicted molar refractivity (Wildman–Crippen MR) is 107 cm³/mol. The van der Waals surface area contributed by atoms with E-state index in [9.17, 15) is 9.00 Å². The van der Waals surface area contributed by atoms with Crippen molar-refractivity contribution in [2.24, 2.45) is 9.98 Å². The highest BCUT2D eigenvalue weighted by Gasteiger charge is 2.38. The molecule has 0 aromatic carbocycles. The second kappa shape index (κ2) is 8.51. The van der Waals surface area contributed by atoms with Gasteiger partial charge in [-0.2, -0.15) is 0 Å². The molecule has 0 radical (unpaired) electrons. The smallest absolute Gasteiger partial charge is 0.337 e. The molecule has 27 heavy (non-hydrogen) atoms. The summed E-state index contributed by atoms with van der Waals surface area (Å²) in [6.45, 7) is 7.87. The summed E-state index contributed by atoms with van der Waals surface area (Å²) in [6, 6.07) is -0.168. The van der Waals surface area contributed by atoms with Crippen molar-refractivity contribution >= 4 is 39.2 Å². The summed E-state index contributed by atoms with van der Waals surface area (Å²) in [5.74, 6) is 0.310. The molecule has 1 aromatic heterocycles. The Morgan fingerprint density at radius 1 is 1.56 bits per heavy atom. The molecular weight excluding hydrogens is 386 g/mol. The number of rotatable bonds is 6. The Balaban J connectivity index is 1.87. The number of fused-ring (bicyclic) bond motifs is 1. The lowest BCUT2D eigenvalue weighted by atomic mass is 10.1. The molecular formula is C17H19N5O3S2. The van der Waals surface area contributed by atoms with Crippen LogP contribution in [0.2, 0.25) is 0 Å². The molecule has 1 saturated heterocycles. The van der Waals surface area contributed by atoms with E-state index in [1.807, 2.05) is 10.3 Å². The minimum Gasteiger partial charge on any atom is -0.466 e. The van der Waals surface area contributed by atoms with Crippen LogP contribution in [-0.2, 0) is 20.5 Å². The van der Waals surface area contributed by atoms with Gasteiger partial charge in [0.15, 0.2) is 10.8 Å². The molecule has 0 amide bonds. The number of methoxy groups -OCH3 is 1. The summed E-state index contributed by atoms with van der Waals surface area (Å²) < 4.78 is 20.4. The molecule has 10 heteroatoms. The fourth-order valence-corrected chi connectivity index (χ4v) is 4.50. The third-order valence-electron chi connectivity index (χ3n) is 4.07. The molecule has 1 N–H and O–H groups in total. The fraction of sp³-hybridized carbons (Fsp3) is 0.294. The van der Waals surface area contributed by atoms with Crippen LogP contribution < -0.4 is 4.72 Å². The van der Waals surface area contributed by atoms with Crippen molar-refractivity contribution in [3.05, 3.63) is 53.3 Å². The van der Waals surface area contributed by atoms with Crippen molar-refractivity contribution in [3.8, 4) is 0 Å². The van der Waals surface area contributed by atoms with Crippen molar-refractivity contribution in [2.75, 3.05) is 20.2 Å². The molecule has 3 rings (SSSR count). The van der Waals surface area contributed by atoms with Gasteiger partial charge in [-0.3, -0.25) is 4.99 Å². The van der Waals surface area contributed by atoms with Crippen molar-refractivity contribution in [1.82, 2.24) is 14.6 Å². The van der Waals surface area contributed by atoms with E-state index < -0.39 is 17.0 Å². The van der Waals surface area contributed by atoms with Crippen LogP contribution >= 0.6 is 11.3 Å². The fourth-order valence-electron chi connectivity index (χ4n) is 2.95. The van der Waals surface area contributed by atoms with Gasteiger partial charge in [-0.15, -0.1) is 11.3 Å². The lowest BCUT2D eigenvalue weighted by molar-refractivity contribution is -0.136. The first-order valence-corrected chi connectivity index (χ1v) is 10.1. The number of nitrogens with one attached hydrogen (secondary N) is 1. The number of aromatic nitrogens is 1. The molecule has 8 nitrogen and oxygen atoms in total. The van der Waals surface area contributed by atoms with E-state index in [2.05, 4.69) is 32.8 Å². The summed E-state index contributed by atoms with van der Waals surface area (Å²) in [5.41, 5.74) is 1.33. The maximum atomic E-state index is 12.5. The van der Waals surface area contributed by atoms with Crippen LogP contribution in [0.4, 0.5) is 0 Å².